The van der Waals surface area contributed by atoms with Gasteiger partial charge in [-0.2, -0.15) is 0 Å². The van der Waals surface area contributed by atoms with Crippen LogP contribution in [0.5, 0.6) is 0 Å². The minimum Gasteiger partial charge on any atom is -0.348 e. The van der Waals surface area contributed by atoms with E-state index < -0.39 is 21.5 Å². The third-order valence-electron chi connectivity index (χ3n) is 1.97. The Morgan fingerprint density at radius 3 is 2.50 bits per heavy atom. The highest BCUT2D eigenvalue weighted by Gasteiger charge is 2.20. The highest BCUT2D eigenvalue weighted by Crippen LogP contribution is 2.16. The van der Waals surface area contributed by atoms with Crippen molar-refractivity contribution in [3.05, 3.63) is 29.3 Å². The molecular weight excluding hydrogens is 250 g/mol. The summed E-state index contributed by atoms with van der Waals surface area (Å²) < 4.78 is 23.6. The van der Waals surface area contributed by atoms with Gasteiger partial charge in [-0.1, -0.05) is 17.7 Å². The number of halogens is 1. The summed E-state index contributed by atoms with van der Waals surface area (Å²) in [4.78, 5) is 12.6. The first-order valence-electron chi connectivity index (χ1n) is 4.51. The number of rotatable bonds is 3. The highest BCUT2D eigenvalue weighted by molar-refractivity contribution is 7.92. The Hall–Kier alpha value is -1.07. The van der Waals surface area contributed by atoms with Gasteiger partial charge in [-0.25, -0.2) is 8.42 Å². The standard InChI is InChI=1S/C10H12ClNO3S/c1-12(2)10(13)7-16(14,15)9-5-3-4-8(11)6-9/h3-6H,7H2,1-2H3. The first-order chi connectivity index (χ1) is 7.33. The number of nitrogens with zero attached hydrogens (tertiary/aromatic N) is 1. The van der Waals surface area contributed by atoms with Crippen molar-refractivity contribution in [1.29, 1.82) is 0 Å². The summed E-state index contributed by atoms with van der Waals surface area (Å²) in [6.45, 7) is 0. The molecule has 0 aliphatic rings. The molecule has 4 nitrogen and oxygen atoms in total. The molecule has 0 saturated heterocycles. The van der Waals surface area contributed by atoms with Gasteiger partial charge in [0.05, 0.1) is 4.90 Å². The van der Waals surface area contributed by atoms with Gasteiger partial charge in [0.1, 0.15) is 5.75 Å². The fourth-order valence-corrected chi connectivity index (χ4v) is 2.63. The number of carbonyl (C=O) groups is 1. The Labute approximate surface area is 99.7 Å². The Bertz CT molecular complexity index is 497. The van der Waals surface area contributed by atoms with Crippen LogP contribution in [0.25, 0.3) is 0 Å². The number of sulfone groups is 1. The van der Waals surface area contributed by atoms with E-state index in [0.29, 0.717) is 5.02 Å². The fourth-order valence-electron chi connectivity index (χ4n) is 1.04. The number of amides is 1. The molecule has 0 N–H and O–H groups in total. The van der Waals surface area contributed by atoms with Crippen molar-refractivity contribution in [1.82, 2.24) is 4.90 Å². The summed E-state index contributed by atoms with van der Waals surface area (Å²) in [5, 5.41) is 0.332. The second-order valence-corrected chi connectivity index (χ2v) is 5.93. The van der Waals surface area contributed by atoms with Crippen LogP contribution in [0.15, 0.2) is 29.2 Å². The van der Waals surface area contributed by atoms with Crippen LogP contribution in [-0.2, 0) is 14.6 Å². The first kappa shape index (κ1) is 13.0. The molecule has 1 rings (SSSR count). The van der Waals surface area contributed by atoms with Crippen LogP contribution < -0.4 is 0 Å². The molecule has 1 aromatic rings. The van der Waals surface area contributed by atoms with Gasteiger partial charge in [0.2, 0.25) is 5.91 Å². The maximum Gasteiger partial charge on any atom is 0.237 e. The lowest BCUT2D eigenvalue weighted by molar-refractivity contribution is -0.125. The average molecular weight is 262 g/mol. The largest absolute Gasteiger partial charge is 0.348 e. The van der Waals surface area contributed by atoms with Crippen LogP contribution in [-0.4, -0.2) is 39.1 Å². The minimum atomic E-state index is -3.60. The second-order valence-electron chi connectivity index (χ2n) is 3.50. The molecule has 0 atom stereocenters. The third-order valence-corrected chi connectivity index (χ3v) is 3.80. The van der Waals surface area contributed by atoms with Gasteiger partial charge in [-0.05, 0) is 18.2 Å². The van der Waals surface area contributed by atoms with Crippen LogP contribution >= 0.6 is 11.6 Å². The van der Waals surface area contributed by atoms with Crippen LogP contribution in [0.1, 0.15) is 0 Å². The first-order valence-corrected chi connectivity index (χ1v) is 6.54. The minimum absolute atomic E-state index is 0.0650. The zero-order chi connectivity index (χ0) is 12.3. The molecule has 0 bridgehead atoms. The zero-order valence-electron chi connectivity index (χ0n) is 8.97. The number of hydrogen-bond donors (Lipinski definition) is 0. The summed E-state index contributed by atoms with van der Waals surface area (Å²) in [5.74, 6) is -1.000. The predicted octanol–water partition coefficient (Wildman–Crippen LogP) is 1.20. The molecule has 0 aliphatic carbocycles. The van der Waals surface area contributed by atoms with Crippen molar-refractivity contribution < 1.29 is 13.2 Å². The molecular formula is C10H12ClNO3S. The van der Waals surface area contributed by atoms with E-state index in [1.165, 1.54) is 37.2 Å². The molecule has 16 heavy (non-hydrogen) atoms. The van der Waals surface area contributed by atoms with Gasteiger partial charge in [0.25, 0.3) is 0 Å². The summed E-state index contributed by atoms with van der Waals surface area (Å²) in [7, 11) is -0.583. The highest BCUT2D eigenvalue weighted by atomic mass is 35.5. The monoisotopic (exact) mass is 261 g/mol. The quantitative estimate of drug-likeness (QED) is 0.822. The number of benzene rings is 1. The van der Waals surface area contributed by atoms with Crippen LogP contribution in [0.2, 0.25) is 5.02 Å². The Balaban J connectivity index is 2.99. The second kappa shape index (κ2) is 4.84. The Morgan fingerprint density at radius 1 is 1.38 bits per heavy atom. The smallest absolute Gasteiger partial charge is 0.237 e. The number of carbonyl (C=O) groups excluding carboxylic acids is 1. The van der Waals surface area contributed by atoms with E-state index in [0.717, 1.165) is 0 Å². The Morgan fingerprint density at radius 2 is 2.00 bits per heavy atom. The van der Waals surface area contributed by atoms with Gasteiger partial charge in [-0.15, -0.1) is 0 Å². The average Bonchev–Trinajstić information content (AvgIpc) is 2.17. The predicted molar refractivity (Wildman–Crippen MR) is 62.2 cm³/mol. The molecule has 0 aliphatic heterocycles. The molecule has 0 radical (unpaired) electrons. The lowest BCUT2D eigenvalue weighted by Crippen LogP contribution is -2.29. The van der Waals surface area contributed by atoms with Crippen molar-refractivity contribution >= 4 is 27.3 Å². The van der Waals surface area contributed by atoms with Crippen LogP contribution in [0.3, 0.4) is 0 Å². The molecule has 1 amide bonds. The van der Waals surface area contributed by atoms with Gasteiger partial charge in [-0.3, -0.25) is 4.79 Å². The third kappa shape index (κ3) is 3.21. The van der Waals surface area contributed by atoms with Crippen molar-refractivity contribution in [3.8, 4) is 0 Å². The van der Waals surface area contributed by atoms with Crippen molar-refractivity contribution in [2.24, 2.45) is 0 Å². The molecule has 0 heterocycles. The molecule has 88 valence electrons. The lowest BCUT2D eigenvalue weighted by atomic mass is 10.4. The van der Waals surface area contributed by atoms with Crippen molar-refractivity contribution in [2.75, 3.05) is 19.8 Å². The lowest BCUT2D eigenvalue weighted by Gasteiger charge is -2.10. The fraction of sp³-hybridized carbons (Fsp3) is 0.300. The molecule has 1 aromatic carbocycles. The van der Waals surface area contributed by atoms with Crippen LogP contribution in [0, 0.1) is 0 Å². The van der Waals surface area contributed by atoms with Gasteiger partial charge in [0, 0.05) is 19.1 Å². The van der Waals surface area contributed by atoms with Gasteiger partial charge >= 0.3 is 0 Å². The SMILES string of the molecule is CN(C)C(=O)CS(=O)(=O)c1cccc(Cl)c1. The van der Waals surface area contributed by atoms with Gasteiger partial charge in [0.15, 0.2) is 9.84 Å². The van der Waals surface area contributed by atoms with E-state index >= 15 is 0 Å². The summed E-state index contributed by atoms with van der Waals surface area (Å²) in [5.41, 5.74) is 0. The normalized spacial score (nSPS) is 11.2. The molecule has 6 heteroatoms. The van der Waals surface area contributed by atoms with Crippen LogP contribution in [0.4, 0.5) is 0 Å². The molecule has 0 aromatic heterocycles. The summed E-state index contributed by atoms with van der Waals surface area (Å²) in [6.07, 6.45) is 0. The van der Waals surface area contributed by atoms with E-state index in [2.05, 4.69) is 0 Å². The molecule has 0 saturated carbocycles. The summed E-state index contributed by atoms with van der Waals surface area (Å²) >= 11 is 5.69. The Kier molecular flexibility index (Phi) is 3.93. The van der Waals surface area contributed by atoms with E-state index in [1.54, 1.807) is 6.07 Å². The van der Waals surface area contributed by atoms with E-state index in [1.807, 2.05) is 0 Å². The molecule has 0 spiro atoms. The topological polar surface area (TPSA) is 54.5 Å². The number of hydrogen-bond acceptors (Lipinski definition) is 3. The van der Waals surface area contributed by atoms with E-state index in [4.69, 9.17) is 11.6 Å². The zero-order valence-corrected chi connectivity index (χ0v) is 10.5. The molecule has 0 fully saturated rings. The maximum atomic E-state index is 11.8. The van der Waals surface area contributed by atoms with Crippen molar-refractivity contribution in [2.45, 2.75) is 4.90 Å². The van der Waals surface area contributed by atoms with Gasteiger partial charge < -0.3 is 4.90 Å². The maximum absolute atomic E-state index is 11.8. The van der Waals surface area contributed by atoms with Crippen molar-refractivity contribution in [3.63, 3.8) is 0 Å². The van der Waals surface area contributed by atoms with E-state index in [-0.39, 0.29) is 4.90 Å². The molecule has 0 unspecified atom stereocenters. The van der Waals surface area contributed by atoms with E-state index in [9.17, 15) is 13.2 Å². The summed E-state index contributed by atoms with van der Waals surface area (Å²) in [6, 6.07) is 5.87.